The number of anilines is 1. The van der Waals surface area contributed by atoms with E-state index in [1.807, 2.05) is 19.1 Å². The van der Waals surface area contributed by atoms with E-state index in [9.17, 15) is 14.4 Å². The first-order chi connectivity index (χ1) is 11.5. The Kier molecular flexibility index (Phi) is 4.37. The largest absolute Gasteiger partial charge is 0.322 e. The van der Waals surface area contributed by atoms with Gasteiger partial charge in [-0.2, -0.15) is 0 Å². The Hall–Kier alpha value is -3.02. The molecule has 1 fully saturated rings. The number of nitrogens with zero attached hydrogens (tertiary/aromatic N) is 1. The number of hydrogen-bond acceptors (Lipinski definition) is 4. The first kappa shape index (κ1) is 15.9. The minimum absolute atomic E-state index is 0.218. The van der Waals surface area contributed by atoms with Crippen molar-refractivity contribution in [2.75, 3.05) is 5.32 Å². The summed E-state index contributed by atoms with van der Waals surface area (Å²) in [5.41, 5.74) is 2.95. The molecule has 1 saturated heterocycles. The van der Waals surface area contributed by atoms with Crippen molar-refractivity contribution < 1.29 is 14.4 Å². The number of hydrogen-bond donors (Lipinski definition) is 2. The molecule has 2 aromatic rings. The SMILES string of the molecule is Cc1ccc(C(=O)Nc2ccc(C[C@H]3CC(=O)NC3=O)cc2)cn1. The molecular formula is C18H17N3O3. The van der Waals surface area contributed by atoms with Crippen LogP contribution in [-0.4, -0.2) is 22.7 Å². The Morgan fingerprint density at radius 1 is 1.21 bits per heavy atom. The van der Waals surface area contributed by atoms with Crippen LogP contribution in [-0.2, 0) is 16.0 Å². The fraction of sp³-hybridized carbons (Fsp3) is 0.222. The number of nitrogens with one attached hydrogen (secondary N) is 2. The summed E-state index contributed by atoms with van der Waals surface area (Å²) in [6, 6.07) is 10.8. The van der Waals surface area contributed by atoms with E-state index in [1.165, 1.54) is 6.20 Å². The second-order valence-corrected chi connectivity index (χ2v) is 5.86. The Bertz CT molecular complexity index is 782. The van der Waals surface area contributed by atoms with E-state index in [1.54, 1.807) is 24.3 Å². The summed E-state index contributed by atoms with van der Waals surface area (Å²) >= 11 is 0. The maximum Gasteiger partial charge on any atom is 0.257 e. The maximum absolute atomic E-state index is 12.1. The molecule has 2 N–H and O–H groups in total. The molecule has 0 bridgehead atoms. The van der Waals surface area contributed by atoms with Crippen LogP contribution in [0.4, 0.5) is 5.69 Å². The van der Waals surface area contributed by atoms with Gasteiger partial charge in [0.05, 0.1) is 11.5 Å². The molecule has 1 aromatic heterocycles. The molecule has 0 saturated carbocycles. The van der Waals surface area contributed by atoms with Crippen molar-refractivity contribution in [1.82, 2.24) is 10.3 Å². The molecule has 0 radical (unpaired) electrons. The number of amides is 3. The summed E-state index contributed by atoms with van der Waals surface area (Å²) < 4.78 is 0. The van der Waals surface area contributed by atoms with Crippen molar-refractivity contribution in [3.05, 3.63) is 59.4 Å². The number of pyridine rings is 1. The number of aryl methyl sites for hydroxylation is 1. The summed E-state index contributed by atoms with van der Waals surface area (Å²) in [4.78, 5) is 39.0. The van der Waals surface area contributed by atoms with Crippen LogP contribution in [0.25, 0.3) is 0 Å². The van der Waals surface area contributed by atoms with E-state index in [4.69, 9.17) is 0 Å². The van der Waals surface area contributed by atoms with Gasteiger partial charge in [-0.05, 0) is 43.2 Å². The van der Waals surface area contributed by atoms with Gasteiger partial charge in [0.15, 0.2) is 0 Å². The zero-order chi connectivity index (χ0) is 17.1. The van der Waals surface area contributed by atoms with E-state index in [0.29, 0.717) is 17.7 Å². The van der Waals surface area contributed by atoms with Crippen molar-refractivity contribution in [2.24, 2.45) is 5.92 Å². The molecule has 3 amide bonds. The molecule has 2 heterocycles. The van der Waals surface area contributed by atoms with Gasteiger partial charge in [0.1, 0.15) is 0 Å². The molecule has 24 heavy (non-hydrogen) atoms. The number of carbonyl (C=O) groups is 3. The lowest BCUT2D eigenvalue weighted by atomic mass is 9.98. The third kappa shape index (κ3) is 3.65. The number of imide groups is 1. The van der Waals surface area contributed by atoms with Gasteiger partial charge >= 0.3 is 0 Å². The number of benzene rings is 1. The normalized spacial score (nSPS) is 16.8. The summed E-state index contributed by atoms with van der Waals surface area (Å²) in [6.45, 7) is 1.86. The van der Waals surface area contributed by atoms with E-state index < -0.39 is 0 Å². The molecule has 1 aliphatic heterocycles. The van der Waals surface area contributed by atoms with E-state index in [0.717, 1.165) is 11.3 Å². The highest BCUT2D eigenvalue weighted by Crippen LogP contribution is 2.19. The van der Waals surface area contributed by atoms with Crippen molar-refractivity contribution in [2.45, 2.75) is 19.8 Å². The van der Waals surface area contributed by atoms with Crippen LogP contribution >= 0.6 is 0 Å². The topological polar surface area (TPSA) is 88.2 Å². The molecule has 1 aromatic carbocycles. The van der Waals surface area contributed by atoms with Crippen LogP contribution in [0.15, 0.2) is 42.6 Å². The Labute approximate surface area is 139 Å². The summed E-state index contributed by atoms with van der Waals surface area (Å²) in [5.74, 6) is -0.975. The van der Waals surface area contributed by atoms with Gasteiger partial charge in [0.25, 0.3) is 5.91 Å². The summed E-state index contributed by atoms with van der Waals surface area (Å²) in [7, 11) is 0. The van der Waals surface area contributed by atoms with Crippen LogP contribution in [0.2, 0.25) is 0 Å². The van der Waals surface area contributed by atoms with Gasteiger partial charge in [-0.25, -0.2) is 0 Å². The lowest BCUT2D eigenvalue weighted by molar-refractivity contribution is -0.125. The first-order valence-electron chi connectivity index (χ1n) is 7.68. The molecule has 1 atom stereocenters. The highest BCUT2D eigenvalue weighted by molar-refractivity contribution is 6.04. The summed E-state index contributed by atoms with van der Waals surface area (Å²) in [6.07, 6.45) is 2.28. The van der Waals surface area contributed by atoms with Gasteiger partial charge in [-0.1, -0.05) is 12.1 Å². The third-order valence-electron chi connectivity index (χ3n) is 3.93. The average Bonchev–Trinajstić information content (AvgIpc) is 2.87. The van der Waals surface area contributed by atoms with Gasteiger partial charge < -0.3 is 5.32 Å². The minimum atomic E-state index is -0.309. The van der Waals surface area contributed by atoms with Crippen LogP contribution in [0.1, 0.15) is 28.0 Å². The molecular weight excluding hydrogens is 306 g/mol. The molecule has 6 heteroatoms. The van der Waals surface area contributed by atoms with Crippen LogP contribution in [0.5, 0.6) is 0 Å². The first-order valence-corrected chi connectivity index (χ1v) is 7.68. The Morgan fingerprint density at radius 2 is 1.96 bits per heavy atom. The van der Waals surface area contributed by atoms with Crippen molar-refractivity contribution >= 4 is 23.4 Å². The molecule has 0 aliphatic carbocycles. The molecule has 122 valence electrons. The molecule has 0 unspecified atom stereocenters. The lowest BCUT2D eigenvalue weighted by Crippen LogP contribution is -2.22. The van der Waals surface area contributed by atoms with Crippen molar-refractivity contribution in [3.8, 4) is 0 Å². The molecule has 0 spiro atoms. The monoisotopic (exact) mass is 323 g/mol. The molecule has 3 rings (SSSR count). The van der Waals surface area contributed by atoms with Crippen LogP contribution in [0.3, 0.4) is 0 Å². The zero-order valence-electron chi connectivity index (χ0n) is 13.2. The van der Waals surface area contributed by atoms with Gasteiger partial charge in [-0.15, -0.1) is 0 Å². The van der Waals surface area contributed by atoms with Gasteiger partial charge in [-0.3, -0.25) is 24.7 Å². The highest BCUT2D eigenvalue weighted by atomic mass is 16.2. The van der Waals surface area contributed by atoms with Crippen molar-refractivity contribution in [3.63, 3.8) is 0 Å². The van der Waals surface area contributed by atoms with E-state index in [-0.39, 0.29) is 30.1 Å². The van der Waals surface area contributed by atoms with Gasteiger partial charge in [0, 0.05) is 24.0 Å². The lowest BCUT2D eigenvalue weighted by Gasteiger charge is -2.08. The van der Waals surface area contributed by atoms with E-state index in [2.05, 4.69) is 15.6 Å². The number of aromatic nitrogens is 1. The fourth-order valence-electron chi connectivity index (χ4n) is 2.59. The predicted octanol–water partition coefficient (Wildman–Crippen LogP) is 1.85. The smallest absolute Gasteiger partial charge is 0.257 e. The number of carbonyl (C=O) groups excluding carboxylic acids is 3. The Morgan fingerprint density at radius 3 is 2.54 bits per heavy atom. The zero-order valence-corrected chi connectivity index (χ0v) is 13.2. The number of rotatable bonds is 4. The average molecular weight is 323 g/mol. The standard InChI is InChI=1S/C18H17N3O3/c1-11-2-5-13(10-19-11)17(23)20-15-6-3-12(4-7-15)8-14-9-16(22)21-18(14)24/h2-7,10,14H,8-9H2,1H3,(H,20,23)(H,21,22,24)/t14-/m0/s1. The van der Waals surface area contributed by atoms with E-state index >= 15 is 0 Å². The second kappa shape index (κ2) is 6.62. The minimum Gasteiger partial charge on any atom is -0.322 e. The fourth-order valence-corrected chi connectivity index (χ4v) is 2.59. The second-order valence-electron chi connectivity index (χ2n) is 5.86. The molecule has 1 aliphatic rings. The molecule has 6 nitrogen and oxygen atoms in total. The quantitative estimate of drug-likeness (QED) is 0.841. The van der Waals surface area contributed by atoms with Crippen molar-refractivity contribution in [1.29, 1.82) is 0 Å². The van der Waals surface area contributed by atoms with Gasteiger partial charge in [0.2, 0.25) is 11.8 Å². The highest BCUT2D eigenvalue weighted by Gasteiger charge is 2.30. The Balaban J connectivity index is 1.62. The maximum atomic E-state index is 12.1. The summed E-state index contributed by atoms with van der Waals surface area (Å²) in [5, 5.41) is 5.11. The third-order valence-corrected chi connectivity index (χ3v) is 3.93. The van der Waals surface area contributed by atoms with Crippen LogP contribution in [0, 0.1) is 12.8 Å². The predicted molar refractivity (Wildman–Crippen MR) is 88.3 cm³/mol. The van der Waals surface area contributed by atoms with Crippen LogP contribution < -0.4 is 10.6 Å².